The second-order valence-electron chi connectivity index (χ2n) is 8.22. The van der Waals surface area contributed by atoms with Crippen LogP contribution in [0.15, 0.2) is 36.4 Å². The van der Waals surface area contributed by atoms with E-state index in [4.69, 9.17) is 21.7 Å². The Morgan fingerprint density at radius 1 is 1.29 bits per heavy atom. The van der Waals surface area contributed by atoms with E-state index >= 15 is 0 Å². The van der Waals surface area contributed by atoms with Gasteiger partial charge in [-0.2, -0.15) is 0 Å². The van der Waals surface area contributed by atoms with E-state index in [1.54, 1.807) is 0 Å². The van der Waals surface area contributed by atoms with Crippen molar-refractivity contribution in [2.24, 2.45) is 5.92 Å². The maximum Gasteiger partial charge on any atom is 0.236 e. The third kappa shape index (κ3) is 3.51. The van der Waals surface area contributed by atoms with Crippen molar-refractivity contribution in [3.8, 4) is 11.5 Å². The van der Waals surface area contributed by atoms with E-state index in [-0.39, 0.29) is 11.9 Å². The van der Waals surface area contributed by atoms with Gasteiger partial charge in [0.2, 0.25) is 5.91 Å². The van der Waals surface area contributed by atoms with Gasteiger partial charge >= 0.3 is 0 Å². The highest BCUT2D eigenvalue weighted by Gasteiger charge is 2.58. The summed E-state index contributed by atoms with van der Waals surface area (Å²) in [6, 6.07) is 11.5. The molecule has 2 aliphatic rings. The van der Waals surface area contributed by atoms with Crippen molar-refractivity contribution in [2.45, 2.75) is 46.4 Å². The Bertz CT molecular complexity index is 1040. The normalized spacial score (nSPS) is 24.0. The summed E-state index contributed by atoms with van der Waals surface area (Å²) in [6.45, 7) is 11.1. The number of carbonyl (C=O) groups is 1. The van der Waals surface area contributed by atoms with Crippen LogP contribution < -0.4 is 20.1 Å². The van der Waals surface area contributed by atoms with Gasteiger partial charge in [0, 0.05) is 17.8 Å². The minimum absolute atomic E-state index is 0.111. The first-order valence-corrected chi connectivity index (χ1v) is 11.1. The lowest BCUT2D eigenvalue weighted by Crippen LogP contribution is -2.71. The molecule has 2 aromatic rings. The Morgan fingerprint density at radius 2 is 2.06 bits per heavy atom. The van der Waals surface area contributed by atoms with Crippen LogP contribution in [0.25, 0.3) is 0 Å². The number of carbonyl (C=O) groups excluding carboxylic acids is 1. The molecular weight excluding hydrogens is 410 g/mol. The van der Waals surface area contributed by atoms with Gasteiger partial charge in [-0.1, -0.05) is 29.8 Å². The summed E-state index contributed by atoms with van der Waals surface area (Å²) >= 11 is 5.64. The smallest absolute Gasteiger partial charge is 0.236 e. The first kappa shape index (κ1) is 21.4. The molecule has 0 spiro atoms. The fourth-order valence-corrected chi connectivity index (χ4v) is 5.17. The Kier molecular flexibility index (Phi) is 5.56. The van der Waals surface area contributed by atoms with Crippen LogP contribution >= 0.6 is 12.2 Å². The average molecular weight is 440 g/mol. The topological polar surface area (TPSA) is 62.8 Å². The number of para-hydroxylation sites is 1. The lowest BCUT2D eigenvalue weighted by Gasteiger charge is -2.56. The molecule has 2 bridgehead atoms. The van der Waals surface area contributed by atoms with Gasteiger partial charge in [0.25, 0.3) is 0 Å². The minimum Gasteiger partial charge on any atom is -0.490 e. The Hall–Kier alpha value is -2.80. The number of ether oxygens (including phenoxy) is 2. The number of nitrogens with one attached hydrogen (secondary N) is 2. The molecule has 0 unspecified atom stereocenters. The standard InChI is InChI=1S/C24H29N3O3S/c1-6-27-23(31)26-20-16-9-8-10-18(29-7-2)21(16)30-24(27,5)19(20)22(28)25-17-12-11-14(3)13-15(17)4/h8-13,19-20H,6-7H2,1-5H3,(H,25,28)(H,26,31)/t19-,20+,24+/m0/s1. The van der Waals surface area contributed by atoms with Crippen LogP contribution in [0.3, 0.4) is 0 Å². The van der Waals surface area contributed by atoms with E-state index in [1.807, 2.05) is 69.9 Å². The molecule has 31 heavy (non-hydrogen) atoms. The molecular formula is C24H29N3O3S. The predicted molar refractivity (Wildman–Crippen MR) is 126 cm³/mol. The second-order valence-corrected chi connectivity index (χ2v) is 8.61. The van der Waals surface area contributed by atoms with Crippen LogP contribution in [0.5, 0.6) is 11.5 Å². The summed E-state index contributed by atoms with van der Waals surface area (Å²) in [5.74, 6) is 0.709. The summed E-state index contributed by atoms with van der Waals surface area (Å²) in [4.78, 5) is 15.6. The minimum atomic E-state index is -0.954. The predicted octanol–water partition coefficient (Wildman–Crippen LogP) is 4.32. The van der Waals surface area contributed by atoms with Crippen LogP contribution in [0.2, 0.25) is 0 Å². The van der Waals surface area contributed by atoms with Crippen molar-refractivity contribution in [3.63, 3.8) is 0 Å². The molecule has 2 aromatic carbocycles. The van der Waals surface area contributed by atoms with Crippen LogP contribution in [0.1, 0.15) is 43.5 Å². The molecule has 7 heteroatoms. The molecule has 0 saturated carbocycles. The molecule has 2 N–H and O–H groups in total. The molecule has 1 fully saturated rings. The fourth-order valence-electron chi connectivity index (χ4n) is 4.73. The average Bonchev–Trinajstić information content (AvgIpc) is 2.70. The van der Waals surface area contributed by atoms with Crippen molar-refractivity contribution in [2.75, 3.05) is 18.5 Å². The monoisotopic (exact) mass is 439 g/mol. The summed E-state index contributed by atoms with van der Waals surface area (Å²) in [5, 5.41) is 7.11. The zero-order valence-corrected chi connectivity index (χ0v) is 19.4. The molecule has 0 aromatic heterocycles. The highest BCUT2D eigenvalue weighted by atomic mass is 32.1. The van der Waals surface area contributed by atoms with Gasteiger partial charge in [-0.05, 0) is 64.5 Å². The number of thiocarbonyl (C=S) groups is 1. The van der Waals surface area contributed by atoms with Crippen molar-refractivity contribution in [1.29, 1.82) is 0 Å². The van der Waals surface area contributed by atoms with Gasteiger partial charge in [-0.15, -0.1) is 0 Å². The number of anilines is 1. The maximum atomic E-state index is 13.7. The SMILES string of the molecule is CCOc1cccc2c1O[C@]1(C)[C@H](C(=O)Nc3ccc(C)cc3C)[C@@H]2NC(=S)N1CC. The van der Waals surface area contributed by atoms with E-state index in [9.17, 15) is 4.79 Å². The number of amides is 1. The van der Waals surface area contributed by atoms with E-state index in [2.05, 4.69) is 16.7 Å². The van der Waals surface area contributed by atoms with E-state index in [0.29, 0.717) is 29.8 Å². The van der Waals surface area contributed by atoms with Gasteiger partial charge in [0.1, 0.15) is 5.92 Å². The zero-order valence-electron chi connectivity index (χ0n) is 18.6. The third-order valence-electron chi connectivity index (χ3n) is 6.16. The van der Waals surface area contributed by atoms with Gasteiger partial charge in [-0.3, -0.25) is 4.79 Å². The molecule has 1 saturated heterocycles. The highest BCUT2D eigenvalue weighted by molar-refractivity contribution is 7.80. The zero-order chi connectivity index (χ0) is 22.3. The van der Waals surface area contributed by atoms with Crippen LogP contribution in [0, 0.1) is 19.8 Å². The molecule has 3 atom stereocenters. The number of benzene rings is 2. The lowest BCUT2D eigenvalue weighted by molar-refractivity contribution is -0.149. The Morgan fingerprint density at radius 3 is 2.74 bits per heavy atom. The number of hydrogen-bond donors (Lipinski definition) is 2. The molecule has 1 amide bonds. The molecule has 0 radical (unpaired) electrons. The summed E-state index contributed by atoms with van der Waals surface area (Å²) in [6.07, 6.45) is 0. The highest BCUT2D eigenvalue weighted by Crippen LogP contribution is 2.51. The van der Waals surface area contributed by atoms with Crippen molar-refractivity contribution < 1.29 is 14.3 Å². The third-order valence-corrected chi connectivity index (χ3v) is 6.50. The van der Waals surface area contributed by atoms with E-state index in [1.165, 1.54) is 0 Å². The maximum absolute atomic E-state index is 13.7. The molecule has 2 aliphatic heterocycles. The summed E-state index contributed by atoms with van der Waals surface area (Å²) < 4.78 is 12.4. The number of rotatable bonds is 5. The first-order valence-electron chi connectivity index (χ1n) is 10.7. The van der Waals surface area contributed by atoms with Gasteiger partial charge in [0.15, 0.2) is 22.3 Å². The quantitative estimate of drug-likeness (QED) is 0.677. The lowest BCUT2D eigenvalue weighted by atomic mass is 9.78. The molecule has 6 nitrogen and oxygen atoms in total. The Labute approximate surface area is 188 Å². The molecule has 164 valence electrons. The number of nitrogens with zero attached hydrogens (tertiary/aromatic N) is 1. The Balaban J connectivity index is 1.79. The first-order chi connectivity index (χ1) is 14.8. The number of hydrogen-bond acceptors (Lipinski definition) is 4. The summed E-state index contributed by atoms with van der Waals surface area (Å²) in [5.41, 5.74) is 2.90. The summed E-state index contributed by atoms with van der Waals surface area (Å²) in [7, 11) is 0. The fraction of sp³-hybridized carbons (Fsp3) is 0.417. The van der Waals surface area contributed by atoms with Crippen molar-refractivity contribution in [1.82, 2.24) is 10.2 Å². The van der Waals surface area contributed by atoms with Crippen molar-refractivity contribution in [3.05, 3.63) is 53.1 Å². The largest absolute Gasteiger partial charge is 0.490 e. The van der Waals surface area contributed by atoms with Crippen LogP contribution in [0.4, 0.5) is 5.69 Å². The number of aryl methyl sites for hydroxylation is 2. The second kappa shape index (κ2) is 8.04. The van der Waals surface area contributed by atoms with E-state index < -0.39 is 11.6 Å². The molecule has 4 rings (SSSR count). The van der Waals surface area contributed by atoms with Crippen LogP contribution in [-0.4, -0.2) is 34.8 Å². The van der Waals surface area contributed by atoms with Crippen LogP contribution in [-0.2, 0) is 4.79 Å². The molecule has 0 aliphatic carbocycles. The van der Waals surface area contributed by atoms with Gasteiger partial charge < -0.3 is 25.0 Å². The molecule has 2 heterocycles. The van der Waals surface area contributed by atoms with Crippen molar-refractivity contribution >= 4 is 28.9 Å². The van der Waals surface area contributed by atoms with Gasteiger partial charge in [-0.25, -0.2) is 0 Å². The van der Waals surface area contributed by atoms with E-state index in [0.717, 1.165) is 22.4 Å². The van der Waals surface area contributed by atoms with Gasteiger partial charge in [0.05, 0.1) is 12.6 Å². The number of fused-ring (bicyclic) bond motifs is 4.